The predicted molar refractivity (Wildman–Crippen MR) is 175 cm³/mol. The maximum Gasteiger partial charge on any atom is 0.408 e. The Morgan fingerprint density at radius 2 is 1.73 bits per heavy atom. The van der Waals surface area contributed by atoms with Gasteiger partial charge in [-0.3, -0.25) is 4.79 Å². The number of aromatic nitrogens is 1. The van der Waals surface area contributed by atoms with Crippen molar-refractivity contribution in [3.63, 3.8) is 0 Å². The summed E-state index contributed by atoms with van der Waals surface area (Å²) < 4.78 is 22.3. The van der Waals surface area contributed by atoms with Crippen LogP contribution in [-0.4, -0.2) is 48.9 Å². The van der Waals surface area contributed by atoms with Gasteiger partial charge in [-0.25, -0.2) is 9.59 Å². The standard InChI is InChI=1S/C33H36IN3O7/c1-33(2,3)44-30(38)27(37-32(40)43-18-19-9-7-6-8-10-19)16-22-17-36-26-15-20(11-12-23(22)26)24-13-21(28(35)31(39)42-5)14-25(34)29(24)41-4/h6-15,17,27-28,36H,16,18,35H2,1-5H3,(H,37,40)/t27-,28-/m1/s1. The Balaban J connectivity index is 1.61. The van der Waals surface area contributed by atoms with Crippen LogP contribution in [0.1, 0.15) is 43.5 Å². The second-order valence-corrected chi connectivity index (χ2v) is 12.3. The van der Waals surface area contributed by atoms with Crippen molar-refractivity contribution in [2.75, 3.05) is 14.2 Å². The van der Waals surface area contributed by atoms with E-state index >= 15 is 0 Å². The summed E-state index contributed by atoms with van der Waals surface area (Å²) in [4.78, 5) is 41.3. The summed E-state index contributed by atoms with van der Waals surface area (Å²) in [5.74, 6) is -0.475. The Kier molecular flexibility index (Phi) is 10.5. The lowest BCUT2D eigenvalue weighted by molar-refractivity contribution is -0.157. The number of alkyl carbamates (subject to hydrolysis) is 1. The normalized spacial score (nSPS) is 12.7. The molecule has 44 heavy (non-hydrogen) atoms. The summed E-state index contributed by atoms with van der Waals surface area (Å²) in [6.07, 6.45) is 1.24. The Labute approximate surface area is 269 Å². The first-order chi connectivity index (χ1) is 20.9. The van der Waals surface area contributed by atoms with Crippen molar-refractivity contribution in [3.05, 3.63) is 87.1 Å². The fraction of sp³-hybridized carbons (Fsp3) is 0.303. The number of methoxy groups -OCH3 is 2. The molecule has 11 heteroatoms. The largest absolute Gasteiger partial charge is 0.495 e. The minimum Gasteiger partial charge on any atom is -0.495 e. The smallest absolute Gasteiger partial charge is 0.408 e. The van der Waals surface area contributed by atoms with Gasteiger partial charge in [-0.15, -0.1) is 0 Å². The Bertz CT molecular complexity index is 1650. The van der Waals surface area contributed by atoms with E-state index in [-0.39, 0.29) is 13.0 Å². The molecule has 0 unspecified atom stereocenters. The van der Waals surface area contributed by atoms with E-state index in [0.717, 1.165) is 36.7 Å². The summed E-state index contributed by atoms with van der Waals surface area (Å²) >= 11 is 2.15. The van der Waals surface area contributed by atoms with Gasteiger partial charge in [0.25, 0.3) is 0 Å². The average molecular weight is 714 g/mol. The predicted octanol–water partition coefficient (Wildman–Crippen LogP) is 5.80. The van der Waals surface area contributed by atoms with Crippen LogP contribution in [-0.2, 0) is 36.8 Å². The first-order valence-corrected chi connectivity index (χ1v) is 15.0. The number of esters is 2. The number of nitrogens with two attached hydrogens (primary N) is 1. The fourth-order valence-corrected chi connectivity index (χ4v) is 5.57. The van der Waals surface area contributed by atoms with Gasteiger partial charge in [0.2, 0.25) is 0 Å². The lowest BCUT2D eigenvalue weighted by Gasteiger charge is -2.24. The number of carbonyl (C=O) groups is 3. The molecule has 0 saturated carbocycles. The third-order valence-electron chi connectivity index (χ3n) is 6.78. The lowest BCUT2D eigenvalue weighted by atomic mass is 9.97. The molecule has 0 aliphatic heterocycles. The molecular formula is C33H36IN3O7. The topological polar surface area (TPSA) is 142 Å². The summed E-state index contributed by atoms with van der Waals surface area (Å²) in [6, 6.07) is 16.7. The van der Waals surface area contributed by atoms with Crippen LogP contribution in [0.25, 0.3) is 22.0 Å². The van der Waals surface area contributed by atoms with Crippen molar-refractivity contribution >= 4 is 51.5 Å². The molecule has 1 aromatic heterocycles. The zero-order chi connectivity index (χ0) is 32.0. The molecule has 232 valence electrons. The molecule has 4 N–H and O–H groups in total. The van der Waals surface area contributed by atoms with Gasteiger partial charge >= 0.3 is 18.0 Å². The maximum absolute atomic E-state index is 13.2. The van der Waals surface area contributed by atoms with Crippen LogP contribution >= 0.6 is 22.6 Å². The third-order valence-corrected chi connectivity index (χ3v) is 7.58. The van der Waals surface area contributed by atoms with Crippen LogP contribution in [0.2, 0.25) is 0 Å². The summed E-state index contributed by atoms with van der Waals surface area (Å²) in [6.45, 7) is 5.37. The van der Waals surface area contributed by atoms with Crippen molar-refractivity contribution in [3.8, 4) is 16.9 Å². The first kappa shape index (κ1) is 32.8. The van der Waals surface area contributed by atoms with E-state index < -0.39 is 35.7 Å². The van der Waals surface area contributed by atoms with Gasteiger partial charge in [0, 0.05) is 29.1 Å². The van der Waals surface area contributed by atoms with Gasteiger partial charge in [-0.05, 0) is 83.8 Å². The average Bonchev–Trinajstić information content (AvgIpc) is 3.39. The van der Waals surface area contributed by atoms with Gasteiger partial charge in [0.05, 0.1) is 17.8 Å². The third kappa shape index (κ3) is 8.08. The fourth-order valence-electron chi connectivity index (χ4n) is 4.69. The number of amides is 1. The SMILES string of the molecule is COC(=O)[C@H](N)c1cc(I)c(OC)c(-c2ccc3c(C[C@@H](NC(=O)OCc4ccccc4)C(=O)OC(C)(C)C)c[nH]c3c2)c1. The zero-order valence-electron chi connectivity index (χ0n) is 25.2. The van der Waals surface area contributed by atoms with Gasteiger partial charge in [-0.1, -0.05) is 42.5 Å². The first-order valence-electron chi connectivity index (χ1n) is 13.9. The molecule has 0 aliphatic carbocycles. The van der Waals surface area contributed by atoms with E-state index in [9.17, 15) is 14.4 Å². The van der Waals surface area contributed by atoms with Crippen molar-refractivity contribution < 1.29 is 33.3 Å². The van der Waals surface area contributed by atoms with E-state index in [1.807, 2.05) is 54.6 Å². The van der Waals surface area contributed by atoms with Crippen molar-refractivity contribution in [1.82, 2.24) is 10.3 Å². The van der Waals surface area contributed by atoms with Crippen LogP contribution in [0.5, 0.6) is 5.75 Å². The molecule has 2 atom stereocenters. The molecule has 3 aromatic carbocycles. The highest BCUT2D eigenvalue weighted by atomic mass is 127. The maximum atomic E-state index is 13.2. The van der Waals surface area contributed by atoms with E-state index in [0.29, 0.717) is 11.3 Å². The number of hydrogen-bond donors (Lipinski definition) is 3. The summed E-state index contributed by atoms with van der Waals surface area (Å²) in [5.41, 5.74) is 9.99. The highest BCUT2D eigenvalue weighted by Gasteiger charge is 2.29. The summed E-state index contributed by atoms with van der Waals surface area (Å²) in [5, 5.41) is 3.54. The molecule has 10 nitrogen and oxygen atoms in total. The van der Waals surface area contributed by atoms with Crippen LogP contribution in [0.4, 0.5) is 4.79 Å². The molecule has 0 aliphatic rings. The molecule has 1 heterocycles. The van der Waals surface area contributed by atoms with Crippen molar-refractivity contribution in [1.29, 1.82) is 0 Å². The monoisotopic (exact) mass is 713 g/mol. The molecule has 0 radical (unpaired) electrons. The molecule has 4 aromatic rings. The molecule has 0 saturated heterocycles. The van der Waals surface area contributed by atoms with Crippen LogP contribution < -0.4 is 15.8 Å². The van der Waals surface area contributed by atoms with Crippen LogP contribution in [0, 0.1) is 3.57 Å². The van der Waals surface area contributed by atoms with Crippen molar-refractivity contribution in [2.24, 2.45) is 5.73 Å². The molecule has 0 fully saturated rings. The number of nitrogens with one attached hydrogen (secondary N) is 2. The minimum absolute atomic E-state index is 0.0672. The number of carbonyl (C=O) groups excluding carboxylic acids is 3. The van der Waals surface area contributed by atoms with E-state index in [1.54, 1.807) is 40.1 Å². The molecule has 0 spiro atoms. The van der Waals surface area contributed by atoms with Crippen LogP contribution in [0.3, 0.4) is 0 Å². The second kappa shape index (κ2) is 14.1. The van der Waals surface area contributed by atoms with Gasteiger partial charge in [0.1, 0.15) is 30.0 Å². The van der Waals surface area contributed by atoms with Gasteiger partial charge < -0.3 is 35.0 Å². The van der Waals surface area contributed by atoms with E-state index in [1.165, 1.54) is 7.11 Å². The molecule has 0 bridgehead atoms. The van der Waals surface area contributed by atoms with Gasteiger partial charge in [-0.2, -0.15) is 0 Å². The number of halogens is 1. The number of benzene rings is 3. The van der Waals surface area contributed by atoms with Gasteiger partial charge in [0.15, 0.2) is 0 Å². The second-order valence-electron chi connectivity index (χ2n) is 11.2. The number of ether oxygens (including phenoxy) is 4. The highest BCUT2D eigenvalue weighted by molar-refractivity contribution is 14.1. The molecule has 1 amide bonds. The molecular weight excluding hydrogens is 677 g/mol. The quantitative estimate of drug-likeness (QED) is 0.106. The Morgan fingerprint density at radius 3 is 2.39 bits per heavy atom. The highest BCUT2D eigenvalue weighted by Crippen LogP contribution is 2.38. The number of H-pyrrole nitrogens is 1. The van der Waals surface area contributed by atoms with E-state index in [2.05, 4.69) is 32.9 Å². The number of aromatic amines is 1. The minimum atomic E-state index is -0.991. The van der Waals surface area contributed by atoms with E-state index in [4.69, 9.17) is 24.7 Å². The zero-order valence-corrected chi connectivity index (χ0v) is 27.4. The Hall–Kier alpha value is -4.10. The Morgan fingerprint density at radius 1 is 1.00 bits per heavy atom. The summed E-state index contributed by atoms with van der Waals surface area (Å²) in [7, 11) is 2.88. The number of rotatable bonds is 10. The van der Waals surface area contributed by atoms with Crippen molar-refractivity contribution in [2.45, 2.75) is 51.5 Å². The van der Waals surface area contributed by atoms with Crippen LogP contribution in [0.15, 0.2) is 66.9 Å². The number of hydrogen-bond acceptors (Lipinski definition) is 8. The number of fused-ring (bicyclic) bond motifs is 1. The lowest BCUT2D eigenvalue weighted by Crippen LogP contribution is -2.45. The molecule has 4 rings (SSSR count).